The smallest absolute Gasteiger partial charge is 0.258 e. The molecule has 0 unspecified atom stereocenters. The lowest BCUT2D eigenvalue weighted by Crippen LogP contribution is -2.28. The molecule has 0 aliphatic rings. The molecule has 0 aliphatic heterocycles. The number of nitro groups is 1. The van der Waals surface area contributed by atoms with Crippen LogP contribution in [0.15, 0.2) is 53.3 Å². The van der Waals surface area contributed by atoms with Gasteiger partial charge in [0.05, 0.1) is 21.6 Å². The second kappa shape index (κ2) is 5.24. The fourth-order valence-electron chi connectivity index (χ4n) is 2.62. The van der Waals surface area contributed by atoms with Crippen molar-refractivity contribution in [2.75, 3.05) is 0 Å². The van der Waals surface area contributed by atoms with E-state index >= 15 is 0 Å². The molecule has 0 fully saturated rings. The van der Waals surface area contributed by atoms with Crippen molar-refractivity contribution in [1.29, 1.82) is 5.26 Å². The maximum atomic E-state index is 12.9. The summed E-state index contributed by atoms with van der Waals surface area (Å²) in [5.41, 5.74) is 0.965. The molecular formula is C16H8N6O3. The van der Waals surface area contributed by atoms with Gasteiger partial charge in [-0.3, -0.25) is 10.1 Å². The van der Waals surface area contributed by atoms with E-state index in [-0.39, 0.29) is 17.0 Å². The number of fused-ring (bicyclic) bond motifs is 3. The average Bonchev–Trinajstić information content (AvgIpc) is 3.02. The van der Waals surface area contributed by atoms with E-state index in [0.29, 0.717) is 16.7 Å². The normalized spacial score (nSPS) is 10.8. The Morgan fingerprint density at radius 2 is 1.84 bits per heavy atom. The Hall–Kier alpha value is -4.06. The molecule has 4 rings (SSSR count). The standard InChI is InChI=1S/C16H8N6O3/c17-9-13-15-18-12-3-1-2-4-14(12)20(15)16(23)21(19-13)10-5-7-11(8-6-10)22(24)25/h1-8H. The van der Waals surface area contributed by atoms with E-state index in [1.807, 2.05) is 6.07 Å². The van der Waals surface area contributed by atoms with Gasteiger partial charge in [-0.25, -0.2) is 14.2 Å². The lowest BCUT2D eigenvalue weighted by Gasteiger charge is -2.06. The third-order valence-corrected chi connectivity index (χ3v) is 3.76. The minimum absolute atomic E-state index is 0.0193. The van der Waals surface area contributed by atoms with Gasteiger partial charge in [0, 0.05) is 12.1 Å². The van der Waals surface area contributed by atoms with Gasteiger partial charge < -0.3 is 0 Å². The molecule has 0 amide bonds. The summed E-state index contributed by atoms with van der Waals surface area (Å²) in [6.07, 6.45) is 0. The average molecular weight is 332 g/mol. The molecule has 0 atom stereocenters. The molecule has 2 heterocycles. The number of benzene rings is 2. The maximum Gasteiger partial charge on any atom is 0.355 e. The van der Waals surface area contributed by atoms with Crippen molar-refractivity contribution in [1.82, 2.24) is 19.2 Å². The summed E-state index contributed by atoms with van der Waals surface area (Å²) in [4.78, 5) is 27.4. The van der Waals surface area contributed by atoms with E-state index in [1.54, 1.807) is 24.3 Å². The molecule has 0 bridgehead atoms. The van der Waals surface area contributed by atoms with Crippen LogP contribution in [0.1, 0.15) is 5.69 Å². The molecular weight excluding hydrogens is 324 g/mol. The Morgan fingerprint density at radius 3 is 2.52 bits per heavy atom. The molecule has 9 heteroatoms. The van der Waals surface area contributed by atoms with Gasteiger partial charge in [-0.15, -0.1) is 5.10 Å². The van der Waals surface area contributed by atoms with Gasteiger partial charge in [-0.1, -0.05) is 12.1 Å². The summed E-state index contributed by atoms with van der Waals surface area (Å²) < 4.78 is 2.34. The first kappa shape index (κ1) is 14.5. The van der Waals surface area contributed by atoms with Crippen LogP contribution in [0.3, 0.4) is 0 Å². The molecule has 0 saturated carbocycles. The van der Waals surface area contributed by atoms with Crippen molar-refractivity contribution in [3.8, 4) is 11.8 Å². The highest BCUT2D eigenvalue weighted by atomic mass is 16.6. The van der Waals surface area contributed by atoms with Crippen LogP contribution in [0.2, 0.25) is 0 Å². The molecule has 2 aromatic heterocycles. The van der Waals surface area contributed by atoms with Crippen LogP contribution in [-0.2, 0) is 0 Å². The Bertz CT molecular complexity index is 1250. The van der Waals surface area contributed by atoms with Crippen LogP contribution in [-0.4, -0.2) is 24.1 Å². The predicted octanol–water partition coefficient (Wildman–Crippen LogP) is 1.81. The Kier molecular flexibility index (Phi) is 3.05. The van der Waals surface area contributed by atoms with Gasteiger partial charge in [0.25, 0.3) is 5.69 Å². The van der Waals surface area contributed by atoms with E-state index in [9.17, 15) is 20.2 Å². The van der Waals surface area contributed by atoms with Crippen LogP contribution >= 0.6 is 0 Å². The van der Waals surface area contributed by atoms with Crippen molar-refractivity contribution in [3.05, 3.63) is 74.8 Å². The second-order valence-corrected chi connectivity index (χ2v) is 5.19. The van der Waals surface area contributed by atoms with Crippen molar-refractivity contribution in [3.63, 3.8) is 0 Å². The van der Waals surface area contributed by atoms with E-state index in [2.05, 4.69) is 10.1 Å². The molecule has 0 N–H and O–H groups in total. The largest absolute Gasteiger partial charge is 0.355 e. The zero-order valence-electron chi connectivity index (χ0n) is 12.5. The maximum absolute atomic E-state index is 12.9. The first-order valence-electron chi connectivity index (χ1n) is 7.15. The van der Waals surface area contributed by atoms with Gasteiger partial charge in [-0.05, 0) is 24.3 Å². The van der Waals surface area contributed by atoms with Crippen LogP contribution < -0.4 is 5.69 Å². The summed E-state index contributed by atoms with van der Waals surface area (Å²) >= 11 is 0. The Labute approximate surface area is 139 Å². The summed E-state index contributed by atoms with van der Waals surface area (Å²) in [7, 11) is 0. The summed E-state index contributed by atoms with van der Waals surface area (Å²) in [5, 5.41) is 24.2. The number of rotatable bonds is 2. The number of nitrogens with zero attached hydrogens (tertiary/aromatic N) is 6. The molecule has 0 radical (unpaired) electrons. The summed E-state index contributed by atoms with van der Waals surface area (Å²) in [6.45, 7) is 0. The topological polar surface area (TPSA) is 119 Å². The third-order valence-electron chi connectivity index (χ3n) is 3.76. The molecule has 25 heavy (non-hydrogen) atoms. The zero-order valence-corrected chi connectivity index (χ0v) is 12.5. The van der Waals surface area contributed by atoms with Gasteiger partial charge in [-0.2, -0.15) is 9.94 Å². The first-order valence-corrected chi connectivity index (χ1v) is 7.15. The number of nitro benzene ring substituents is 1. The van der Waals surface area contributed by atoms with Gasteiger partial charge in [0.15, 0.2) is 5.65 Å². The summed E-state index contributed by atoms with van der Waals surface area (Å²) in [5.74, 6) is 0. The second-order valence-electron chi connectivity index (χ2n) is 5.19. The minimum Gasteiger partial charge on any atom is -0.258 e. The number of nitriles is 1. The lowest BCUT2D eigenvalue weighted by atomic mass is 10.3. The Balaban J connectivity index is 2.06. The number of para-hydroxylation sites is 2. The van der Waals surface area contributed by atoms with Crippen LogP contribution in [0.4, 0.5) is 5.69 Å². The molecule has 0 aliphatic carbocycles. The van der Waals surface area contributed by atoms with E-state index in [0.717, 1.165) is 4.68 Å². The zero-order chi connectivity index (χ0) is 17.6. The van der Waals surface area contributed by atoms with Crippen molar-refractivity contribution >= 4 is 22.4 Å². The molecule has 120 valence electrons. The van der Waals surface area contributed by atoms with Crippen LogP contribution in [0.5, 0.6) is 0 Å². The first-order chi connectivity index (χ1) is 12.1. The minimum atomic E-state index is -0.534. The number of hydrogen-bond acceptors (Lipinski definition) is 6. The highest BCUT2D eigenvalue weighted by Gasteiger charge is 2.16. The number of hydrogen-bond donors (Lipinski definition) is 0. The number of imidazole rings is 1. The highest BCUT2D eigenvalue weighted by Crippen LogP contribution is 2.17. The predicted molar refractivity (Wildman–Crippen MR) is 87.5 cm³/mol. The van der Waals surface area contributed by atoms with Crippen LogP contribution in [0, 0.1) is 21.4 Å². The van der Waals surface area contributed by atoms with Crippen molar-refractivity contribution < 1.29 is 4.92 Å². The summed E-state index contributed by atoms with van der Waals surface area (Å²) in [6, 6.07) is 14.3. The SMILES string of the molecule is N#Cc1nn(-c2ccc([N+](=O)[O-])cc2)c(=O)n2c1nc1ccccc12. The lowest BCUT2D eigenvalue weighted by molar-refractivity contribution is -0.384. The fraction of sp³-hybridized carbons (Fsp3) is 0. The van der Waals surface area contributed by atoms with Gasteiger partial charge >= 0.3 is 5.69 Å². The number of aromatic nitrogens is 4. The highest BCUT2D eigenvalue weighted by molar-refractivity contribution is 5.81. The quantitative estimate of drug-likeness (QED) is 0.408. The monoisotopic (exact) mass is 332 g/mol. The molecule has 0 spiro atoms. The van der Waals surface area contributed by atoms with E-state index in [1.165, 1.54) is 28.7 Å². The molecule has 2 aromatic carbocycles. The molecule has 4 aromatic rings. The van der Waals surface area contributed by atoms with E-state index < -0.39 is 10.6 Å². The van der Waals surface area contributed by atoms with Crippen molar-refractivity contribution in [2.24, 2.45) is 0 Å². The van der Waals surface area contributed by atoms with Gasteiger partial charge in [0.2, 0.25) is 5.69 Å². The fourth-order valence-corrected chi connectivity index (χ4v) is 2.62. The third kappa shape index (κ3) is 2.13. The van der Waals surface area contributed by atoms with Crippen LogP contribution in [0.25, 0.3) is 22.4 Å². The number of non-ortho nitro benzene ring substituents is 1. The van der Waals surface area contributed by atoms with Gasteiger partial charge in [0.1, 0.15) is 6.07 Å². The molecule has 0 saturated heterocycles. The van der Waals surface area contributed by atoms with Crippen molar-refractivity contribution in [2.45, 2.75) is 0 Å². The van der Waals surface area contributed by atoms with E-state index in [4.69, 9.17) is 0 Å². The molecule has 9 nitrogen and oxygen atoms in total. The Morgan fingerprint density at radius 1 is 1.12 bits per heavy atom.